The molecule has 0 aliphatic carbocycles. The van der Waals surface area contributed by atoms with Crippen molar-refractivity contribution in [2.75, 3.05) is 24.6 Å². The van der Waals surface area contributed by atoms with Crippen LogP contribution in [0.3, 0.4) is 0 Å². The summed E-state index contributed by atoms with van der Waals surface area (Å²) >= 11 is 0. The Morgan fingerprint density at radius 3 is 2.68 bits per heavy atom. The molecular formula is C15H25FN2O. The van der Waals surface area contributed by atoms with Crippen molar-refractivity contribution in [3.8, 4) is 0 Å². The van der Waals surface area contributed by atoms with Crippen LogP contribution < -0.4 is 10.2 Å². The van der Waals surface area contributed by atoms with Crippen molar-refractivity contribution in [3.63, 3.8) is 0 Å². The highest BCUT2D eigenvalue weighted by Crippen LogP contribution is 2.24. The van der Waals surface area contributed by atoms with E-state index in [0.717, 1.165) is 18.7 Å². The summed E-state index contributed by atoms with van der Waals surface area (Å²) in [6.45, 7) is 8.15. The predicted molar refractivity (Wildman–Crippen MR) is 78.0 cm³/mol. The molecule has 0 aliphatic heterocycles. The number of halogens is 1. The Kier molecular flexibility index (Phi) is 6.81. The molecule has 1 aromatic carbocycles. The summed E-state index contributed by atoms with van der Waals surface area (Å²) in [5.74, 6) is -0.190. The number of aliphatic hydroxyl groups excluding tert-OH is 1. The monoisotopic (exact) mass is 268 g/mol. The first-order chi connectivity index (χ1) is 9.11. The van der Waals surface area contributed by atoms with Crippen molar-refractivity contribution >= 4 is 5.69 Å². The molecule has 2 N–H and O–H groups in total. The molecule has 0 saturated heterocycles. The van der Waals surface area contributed by atoms with Crippen molar-refractivity contribution in [2.45, 2.75) is 39.8 Å². The van der Waals surface area contributed by atoms with E-state index in [-0.39, 0.29) is 18.5 Å². The zero-order chi connectivity index (χ0) is 14.3. The largest absolute Gasteiger partial charge is 0.395 e. The minimum Gasteiger partial charge on any atom is -0.395 e. The molecule has 3 nitrogen and oxygen atoms in total. The highest BCUT2D eigenvalue weighted by atomic mass is 19.1. The molecule has 0 radical (unpaired) electrons. The summed E-state index contributed by atoms with van der Waals surface area (Å²) < 4.78 is 14.0. The number of aliphatic hydroxyl groups is 1. The van der Waals surface area contributed by atoms with Gasteiger partial charge in [-0.15, -0.1) is 0 Å². The maximum atomic E-state index is 14.0. The molecule has 0 amide bonds. The van der Waals surface area contributed by atoms with Crippen LogP contribution in [-0.2, 0) is 6.54 Å². The quantitative estimate of drug-likeness (QED) is 0.711. The minimum atomic E-state index is -0.190. The van der Waals surface area contributed by atoms with Gasteiger partial charge in [-0.25, -0.2) is 4.39 Å². The molecule has 1 rings (SSSR count). The molecule has 19 heavy (non-hydrogen) atoms. The summed E-state index contributed by atoms with van der Waals surface area (Å²) in [6.07, 6.45) is 1.02. The highest BCUT2D eigenvalue weighted by molar-refractivity contribution is 5.55. The van der Waals surface area contributed by atoms with Gasteiger partial charge < -0.3 is 15.3 Å². The number of rotatable bonds is 8. The molecule has 4 heteroatoms. The van der Waals surface area contributed by atoms with Crippen LogP contribution in [0.4, 0.5) is 10.1 Å². The Morgan fingerprint density at radius 2 is 2.11 bits per heavy atom. The van der Waals surface area contributed by atoms with Gasteiger partial charge in [0, 0.05) is 30.4 Å². The molecule has 0 saturated carbocycles. The third-order valence-corrected chi connectivity index (χ3v) is 3.10. The highest BCUT2D eigenvalue weighted by Gasteiger charge is 2.16. The second-order valence-corrected chi connectivity index (χ2v) is 4.93. The van der Waals surface area contributed by atoms with E-state index >= 15 is 0 Å². The molecular weight excluding hydrogens is 243 g/mol. The molecule has 0 aromatic heterocycles. The summed E-state index contributed by atoms with van der Waals surface area (Å²) in [5, 5.41) is 12.4. The SMILES string of the molecule is CCCNCc1c(F)cccc1N(CCO)C(C)C. The standard InChI is InChI=1S/C15H25FN2O/c1-4-8-17-11-13-14(16)6-5-7-15(13)18(9-10-19)12(2)3/h5-7,12,17,19H,4,8-11H2,1-3H3. The molecule has 0 aliphatic rings. The Bertz CT molecular complexity index is 382. The Balaban J connectivity index is 2.99. The Hall–Kier alpha value is -1.13. The smallest absolute Gasteiger partial charge is 0.129 e. The molecule has 0 spiro atoms. The van der Waals surface area contributed by atoms with E-state index < -0.39 is 0 Å². The van der Waals surface area contributed by atoms with E-state index in [4.69, 9.17) is 0 Å². The van der Waals surface area contributed by atoms with Gasteiger partial charge in [-0.05, 0) is 38.9 Å². The van der Waals surface area contributed by atoms with E-state index in [0.29, 0.717) is 18.7 Å². The summed E-state index contributed by atoms with van der Waals surface area (Å²) in [4.78, 5) is 2.03. The van der Waals surface area contributed by atoms with Gasteiger partial charge in [0.05, 0.1) is 6.61 Å². The molecule has 0 fully saturated rings. The molecule has 1 aromatic rings. The summed E-state index contributed by atoms with van der Waals surface area (Å²) in [6, 6.07) is 5.35. The predicted octanol–water partition coefficient (Wildman–Crippen LogP) is 2.53. The maximum Gasteiger partial charge on any atom is 0.129 e. The second kappa shape index (κ2) is 8.12. The van der Waals surface area contributed by atoms with E-state index in [1.54, 1.807) is 6.07 Å². The average Bonchev–Trinajstić information content (AvgIpc) is 2.38. The Labute approximate surface area is 115 Å². The molecule has 108 valence electrons. The van der Waals surface area contributed by atoms with Crippen molar-refractivity contribution in [1.29, 1.82) is 0 Å². The number of hydrogen-bond donors (Lipinski definition) is 2. The lowest BCUT2D eigenvalue weighted by molar-refractivity contribution is 0.299. The number of benzene rings is 1. The summed E-state index contributed by atoms with van der Waals surface area (Å²) in [5.41, 5.74) is 1.55. The average molecular weight is 268 g/mol. The topological polar surface area (TPSA) is 35.5 Å². The fourth-order valence-electron chi connectivity index (χ4n) is 2.15. The van der Waals surface area contributed by atoms with Gasteiger partial charge in [-0.2, -0.15) is 0 Å². The molecule has 0 bridgehead atoms. The first-order valence-corrected chi connectivity index (χ1v) is 6.97. The fourth-order valence-corrected chi connectivity index (χ4v) is 2.15. The third kappa shape index (κ3) is 4.48. The van der Waals surface area contributed by atoms with Crippen molar-refractivity contribution in [3.05, 3.63) is 29.6 Å². The minimum absolute atomic E-state index is 0.0660. The van der Waals surface area contributed by atoms with Crippen molar-refractivity contribution < 1.29 is 9.50 Å². The number of nitrogens with zero attached hydrogens (tertiary/aromatic N) is 1. The number of nitrogens with one attached hydrogen (secondary N) is 1. The van der Waals surface area contributed by atoms with Crippen molar-refractivity contribution in [2.24, 2.45) is 0 Å². The van der Waals surface area contributed by atoms with Crippen LogP contribution in [0.1, 0.15) is 32.8 Å². The normalized spacial score (nSPS) is 11.1. The van der Waals surface area contributed by atoms with E-state index in [2.05, 4.69) is 12.2 Å². The lowest BCUT2D eigenvalue weighted by atomic mass is 10.1. The third-order valence-electron chi connectivity index (χ3n) is 3.10. The molecule has 0 heterocycles. The van der Waals surface area contributed by atoms with Gasteiger partial charge in [0.2, 0.25) is 0 Å². The maximum absolute atomic E-state index is 14.0. The zero-order valence-corrected chi connectivity index (χ0v) is 12.1. The first-order valence-electron chi connectivity index (χ1n) is 6.97. The van der Waals surface area contributed by atoms with Crippen LogP contribution in [0.2, 0.25) is 0 Å². The van der Waals surface area contributed by atoms with Crippen LogP contribution in [0.5, 0.6) is 0 Å². The second-order valence-electron chi connectivity index (χ2n) is 4.93. The fraction of sp³-hybridized carbons (Fsp3) is 0.600. The molecule has 0 unspecified atom stereocenters. The van der Waals surface area contributed by atoms with Gasteiger partial charge in [0.15, 0.2) is 0 Å². The number of hydrogen-bond acceptors (Lipinski definition) is 3. The summed E-state index contributed by atoms with van der Waals surface area (Å²) in [7, 11) is 0. The van der Waals surface area contributed by atoms with E-state index in [1.807, 2.05) is 24.8 Å². The lowest BCUT2D eigenvalue weighted by Gasteiger charge is -2.30. The van der Waals surface area contributed by atoms with Crippen LogP contribution in [0.15, 0.2) is 18.2 Å². The van der Waals surface area contributed by atoms with Gasteiger partial charge >= 0.3 is 0 Å². The van der Waals surface area contributed by atoms with Crippen LogP contribution in [-0.4, -0.2) is 30.8 Å². The molecule has 0 atom stereocenters. The van der Waals surface area contributed by atoms with Gasteiger partial charge in [0.1, 0.15) is 5.82 Å². The van der Waals surface area contributed by atoms with Crippen molar-refractivity contribution in [1.82, 2.24) is 5.32 Å². The van der Waals surface area contributed by atoms with Crippen LogP contribution in [0.25, 0.3) is 0 Å². The Morgan fingerprint density at radius 1 is 1.37 bits per heavy atom. The number of anilines is 1. The lowest BCUT2D eigenvalue weighted by Crippen LogP contribution is -2.35. The van der Waals surface area contributed by atoms with Gasteiger partial charge in [0.25, 0.3) is 0 Å². The van der Waals surface area contributed by atoms with E-state index in [1.165, 1.54) is 6.07 Å². The first kappa shape index (κ1) is 15.9. The van der Waals surface area contributed by atoms with Gasteiger partial charge in [-0.1, -0.05) is 13.0 Å². The van der Waals surface area contributed by atoms with Crippen LogP contribution in [0, 0.1) is 5.82 Å². The van der Waals surface area contributed by atoms with E-state index in [9.17, 15) is 9.50 Å². The van der Waals surface area contributed by atoms with Gasteiger partial charge in [-0.3, -0.25) is 0 Å². The van der Waals surface area contributed by atoms with Crippen LogP contribution >= 0.6 is 0 Å². The zero-order valence-electron chi connectivity index (χ0n) is 12.1.